The highest BCUT2D eigenvalue weighted by molar-refractivity contribution is 5.77. The van der Waals surface area contributed by atoms with E-state index in [0.717, 1.165) is 44.3 Å². The van der Waals surface area contributed by atoms with Crippen molar-refractivity contribution in [1.29, 1.82) is 0 Å². The predicted molar refractivity (Wildman–Crippen MR) is 67.6 cm³/mol. The van der Waals surface area contributed by atoms with E-state index >= 15 is 0 Å². The third-order valence-electron chi connectivity index (χ3n) is 4.57. The van der Waals surface area contributed by atoms with Crippen LogP contribution in [0.1, 0.15) is 63.1 Å². The number of aromatic nitrogens is 2. The van der Waals surface area contributed by atoms with Crippen LogP contribution < -0.4 is 0 Å². The van der Waals surface area contributed by atoms with Crippen molar-refractivity contribution in [2.24, 2.45) is 5.92 Å². The van der Waals surface area contributed by atoms with Crippen LogP contribution in [0, 0.1) is 5.92 Å². The predicted octanol–water partition coefficient (Wildman–Crippen LogP) is 2.57. The molecule has 2 aliphatic rings. The van der Waals surface area contributed by atoms with Crippen LogP contribution in [0.2, 0.25) is 0 Å². The fraction of sp³-hybridized carbons (Fsp3) is 0.786. The lowest BCUT2D eigenvalue weighted by Crippen LogP contribution is -2.22. The van der Waals surface area contributed by atoms with E-state index in [4.69, 9.17) is 9.26 Å². The fourth-order valence-corrected chi connectivity index (χ4v) is 2.93. The zero-order valence-electron chi connectivity index (χ0n) is 11.5. The molecule has 0 N–H and O–H groups in total. The van der Waals surface area contributed by atoms with Gasteiger partial charge < -0.3 is 9.26 Å². The molecule has 1 heterocycles. The van der Waals surface area contributed by atoms with E-state index in [9.17, 15) is 4.79 Å². The molecule has 1 unspecified atom stereocenters. The van der Waals surface area contributed by atoms with Gasteiger partial charge in [-0.15, -0.1) is 0 Å². The minimum Gasteiger partial charge on any atom is -0.468 e. The number of carbonyl (C=O) groups excluding carboxylic acids is 1. The zero-order chi connectivity index (χ0) is 13.5. The van der Waals surface area contributed by atoms with Gasteiger partial charge in [-0.1, -0.05) is 24.9 Å². The molecular weight excluding hydrogens is 244 g/mol. The highest BCUT2D eigenvalue weighted by atomic mass is 16.5. The Bertz CT molecular complexity index is 473. The summed E-state index contributed by atoms with van der Waals surface area (Å²) in [7, 11) is 1.42. The molecule has 2 fully saturated rings. The quantitative estimate of drug-likeness (QED) is 0.782. The van der Waals surface area contributed by atoms with Crippen molar-refractivity contribution in [3.8, 4) is 0 Å². The topological polar surface area (TPSA) is 65.2 Å². The summed E-state index contributed by atoms with van der Waals surface area (Å²) in [5.41, 5.74) is 0.0676. The minimum absolute atomic E-state index is 0.0676. The second-order valence-electron chi connectivity index (χ2n) is 6.06. The Kier molecular flexibility index (Phi) is 3.07. The summed E-state index contributed by atoms with van der Waals surface area (Å²) < 4.78 is 10.3. The van der Waals surface area contributed by atoms with Crippen molar-refractivity contribution in [1.82, 2.24) is 10.1 Å². The molecule has 2 aliphatic carbocycles. The Labute approximate surface area is 112 Å². The Morgan fingerprint density at radius 3 is 2.68 bits per heavy atom. The lowest BCUT2D eigenvalue weighted by molar-refractivity contribution is -0.144. The van der Waals surface area contributed by atoms with E-state index in [1.54, 1.807) is 0 Å². The van der Waals surface area contributed by atoms with Gasteiger partial charge in [0.15, 0.2) is 5.82 Å². The van der Waals surface area contributed by atoms with Gasteiger partial charge >= 0.3 is 5.97 Å². The first-order valence-corrected chi connectivity index (χ1v) is 7.06. The maximum Gasteiger partial charge on any atom is 0.318 e. The molecule has 1 aromatic rings. The van der Waals surface area contributed by atoms with E-state index in [1.807, 2.05) is 0 Å². The van der Waals surface area contributed by atoms with Crippen LogP contribution >= 0.6 is 0 Å². The highest BCUT2D eigenvalue weighted by Gasteiger charge is 2.45. The summed E-state index contributed by atoms with van der Waals surface area (Å²) in [5.74, 6) is 0.850. The summed E-state index contributed by atoms with van der Waals surface area (Å²) in [4.78, 5) is 16.5. The zero-order valence-corrected chi connectivity index (χ0v) is 11.5. The summed E-state index contributed by atoms with van der Waals surface area (Å²) >= 11 is 0. The van der Waals surface area contributed by atoms with E-state index < -0.39 is 0 Å². The monoisotopic (exact) mass is 264 g/mol. The first kappa shape index (κ1) is 12.6. The van der Waals surface area contributed by atoms with Gasteiger partial charge in [-0.25, -0.2) is 0 Å². The summed E-state index contributed by atoms with van der Waals surface area (Å²) in [6, 6.07) is 0. The molecule has 0 radical (unpaired) electrons. The average molecular weight is 264 g/mol. The van der Waals surface area contributed by atoms with Gasteiger partial charge in [-0.3, -0.25) is 4.79 Å². The number of hydrogen-bond acceptors (Lipinski definition) is 5. The second kappa shape index (κ2) is 4.62. The number of esters is 1. The van der Waals surface area contributed by atoms with Crippen LogP contribution in [0.15, 0.2) is 4.52 Å². The fourth-order valence-electron chi connectivity index (χ4n) is 2.93. The third-order valence-corrected chi connectivity index (χ3v) is 4.57. The van der Waals surface area contributed by atoms with Gasteiger partial charge in [0.25, 0.3) is 0 Å². The Hall–Kier alpha value is -1.39. The van der Waals surface area contributed by atoms with Crippen molar-refractivity contribution in [2.75, 3.05) is 7.11 Å². The molecule has 0 bridgehead atoms. The van der Waals surface area contributed by atoms with Gasteiger partial charge in [-0.2, -0.15) is 4.98 Å². The largest absolute Gasteiger partial charge is 0.468 e. The molecule has 0 saturated heterocycles. The molecule has 19 heavy (non-hydrogen) atoms. The normalized spacial score (nSPS) is 23.3. The molecule has 104 valence electrons. The molecular formula is C14H20N2O3. The molecule has 2 saturated carbocycles. The molecule has 0 amide bonds. The number of methoxy groups -OCH3 is 1. The Morgan fingerprint density at radius 1 is 1.42 bits per heavy atom. The molecule has 5 heteroatoms. The van der Waals surface area contributed by atoms with Crippen molar-refractivity contribution in [2.45, 2.75) is 56.8 Å². The highest BCUT2D eigenvalue weighted by Crippen LogP contribution is 2.47. The van der Waals surface area contributed by atoms with E-state index in [1.165, 1.54) is 7.11 Å². The lowest BCUT2D eigenvalue weighted by atomic mass is 9.90. The maximum absolute atomic E-state index is 12.0. The van der Waals surface area contributed by atoms with Gasteiger partial charge in [-0.05, 0) is 31.6 Å². The minimum atomic E-state index is -0.379. The van der Waals surface area contributed by atoms with Gasteiger partial charge in [0.1, 0.15) is 5.92 Å². The van der Waals surface area contributed by atoms with Gasteiger partial charge in [0.2, 0.25) is 5.89 Å². The maximum atomic E-state index is 12.0. The standard InChI is InChI=1S/C14H20N2O3/c1-14(7-8-14)13-15-11(19-16-13)10(12(17)18-2)9-5-3-4-6-9/h9-10H,3-8H2,1-2H3. The molecule has 0 spiro atoms. The Morgan fingerprint density at radius 2 is 2.11 bits per heavy atom. The van der Waals surface area contributed by atoms with Crippen molar-refractivity contribution in [3.63, 3.8) is 0 Å². The van der Waals surface area contributed by atoms with Gasteiger partial charge in [0, 0.05) is 5.41 Å². The molecule has 1 aromatic heterocycles. The van der Waals surface area contributed by atoms with Crippen LogP contribution in [0.3, 0.4) is 0 Å². The van der Waals surface area contributed by atoms with Crippen LogP contribution in [0.25, 0.3) is 0 Å². The lowest BCUT2D eigenvalue weighted by Gasteiger charge is -2.16. The van der Waals surface area contributed by atoms with E-state index in [-0.39, 0.29) is 23.2 Å². The number of carbonyl (C=O) groups is 1. The summed E-state index contributed by atoms with van der Waals surface area (Å²) in [5, 5.41) is 4.07. The number of rotatable bonds is 4. The van der Waals surface area contributed by atoms with Crippen LogP contribution in [0.5, 0.6) is 0 Å². The van der Waals surface area contributed by atoms with Crippen molar-refractivity contribution >= 4 is 5.97 Å². The third kappa shape index (κ3) is 2.26. The number of nitrogens with zero attached hydrogens (tertiary/aromatic N) is 2. The average Bonchev–Trinajstić information content (AvgIpc) is 2.90. The van der Waals surface area contributed by atoms with Crippen LogP contribution in [0.4, 0.5) is 0 Å². The van der Waals surface area contributed by atoms with Gasteiger partial charge in [0.05, 0.1) is 7.11 Å². The smallest absolute Gasteiger partial charge is 0.318 e. The first-order chi connectivity index (χ1) is 9.14. The Balaban J connectivity index is 1.86. The van der Waals surface area contributed by atoms with Crippen molar-refractivity contribution in [3.05, 3.63) is 11.7 Å². The first-order valence-electron chi connectivity index (χ1n) is 7.06. The molecule has 0 aromatic carbocycles. The number of hydrogen-bond donors (Lipinski definition) is 0. The molecule has 5 nitrogen and oxygen atoms in total. The second-order valence-corrected chi connectivity index (χ2v) is 6.06. The molecule has 3 rings (SSSR count). The van der Waals surface area contributed by atoms with E-state index in [0.29, 0.717) is 5.89 Å². The summed E-state index contributed by atoms with van der Waals surface area (Å²) in [6.07, 6.45) is 6.59. The number of ether oxygens (including phenoxy) is 1. The van der Waals surface area contributed by atoms with Crippen LogP contribution in [-0.4, -0.2) is 23.2 Å². The molecule has 1 atom stereocenters. The van der Waals surface area contributed by atoms with Crippen LogP contribution in [-0.2, 0) is 14.9 Å². The summed E-state index contributed by atoms with van der Waals surface area (Å²) in [6.45, 7) is 2.13. The van der Waals surface area contributed by atoms with Crippen molar-refractivity contribution < 1.29 is 14.1 Å². The van der Waals surface area contributed by atoms with E-state index in [2.05, 4.69) is 17.1 Å². The molecule has 0 aliphatic heterocycles. The SMILES string of the molecule is COC(=O)C(c1nc(C2(C)CC2)no1)C1CCCC1.